The molecule has 6 heteroatoms. The van der Waals surface area contributed by atoms with Gasteiger partial charge in [0.25, 0.3) is 5.91 Å². The summed E-state index contributed by atoms with van der Waals surface area (Å²) in [5.41, 5.74) is 2.86. The van der Waals surface area contributed by atoms with E-state index in [4.69, 9.17) is 0 Å². The largest absolute Gasteiger partial charge is 0.344 e. The molecule has 3 amide bonds. The highest BCUT2D eigenvalue weighted by Gasteiger charge is 2.33. The zero-order chi connectivity index (χ0) is 19.8. The van der Waals surface area contributed by atoms with Gasteiger partial charge in [0, 0.05) is 28.7 Å². The van der Waals surface area contributed by atoms with Crippen molar-refractivity contribution >= 4 is 28.9 Å². The van der Waals surface area contributed by atoms with Crippen LogP contribution in [0.15, 0.2) is 60.4 Å². The van der Waals surface area contributed by atoms with Gasteiger partial charge in [-0.3, -0.25) is 9.69 Å². The fourth-order valence-corrected chi connectivity index (χ4v) is 3.42. The third-order valence-corrected chi connectivity index (χ3v) is 4.84. The molecule has 142 valence electrons. The molecule has 1 aliphatic heterocycles. The Balaban J connectivity index is 1.66. The van der Waals surface area contributed by atoms with Gasteiger partial charge in [-0.2, -0.15) is 0 Å². The average molecular weight is 377 g/mol. The van der Waals surface area contributed by atoms with Crippen LogP contribution in [0.25, 0.3) is 17.0 Å². The number of carbonyl (C=O) groups excluding carboxylic acids is 2. The van der Waals surface area contributed by atoms with Gasteiger partial charge >= 0.3 is 6.03 Å². The van der Waals surface area contributed by atoms with Crippen LogP contribution < -0.4 is 5.32 Å². The molecule has 0 aliphatic carbocycles. The van der Waals surface area contributed by atoms with Crippen LogP contribution in [-0.2, 0) is 11.3 Å². The highest BCUT2D eigenvalue weighted by atomic mass is 19.1. The van der Waals surface area contributed by atoms with E-state index >= 15 is 0 Å². The van der Waals surface area contributed by atoms with Gasteiger partial charge in [0.2, 0.25) is 0 Å². The normalized spacial score (nSPS) is 15.9. The average Bonchev–Trinajstić information content (AvgIpc) is 3.17. The second kappa shape index (κ2) is 6.96. The lowest BCUT2D eigenvalue weighted by atomic mass is 10.1. The SMILES string of the molecule is CC(C)n1cc(/C=C2/NC(=O)N(Cc3ccc(F)cc3)C2=O)c2ccccc21. The van der Waals surface area contributed by atoms with Gasteiger partial charge in [0.15, 0.2) is 0 Å². The standard InChI is InChI=1S/C22H20FN3O2/c1-14(2)25-13-16(18-5-3-4-6-20(18)25)11-19-21(27)26(22(28)24-19)12-15-7-9-17(23)10-8-15/h3-11,13-14H,12H2,1-2H3,(H,24,28)/b19-11+. The molecule has 0 radical (unpaired) electrons. The van der Waals surface area contributed by atoms with E-state index in [0.29, 0.717) is 5.56 Å². The minimum atomic E-state index is -0.479. The molecule has 0 bridgehead atoms. The molecule has 1 N–H and O–H groups in total. The smallest absolute Gasteiger partial charge is 0.329 e. The zero-order valence-electron chi connectivity index (χ0n) is 15.6. The summed E-state index contributed by atoms with van der Waals surface area (Å²) in [5.74, 6) is -0.751. The Bertz CT molecular complexity index is 1100. The minimum Gasteiger partial charge on any atom is -0.344 e. The van der Waals surface area contributed by atoms with E-state index in [1.54, 1.807) is 18.2 Å². The van der Waals surface area contributed by atoms with Gasteiger partial charge in [-0.1, -0.05) is 30.3 Å². The maximum atomic E-state index is 13.1. The van der Waals surface area contributed by atoms with E-state index in [1.165, 1.54) is 12.1 Å². The number of hydrogen-bond donors (Lipinski definition) is 1. The summed E-state index contributed by atoms with van der Waals surface area (Å²) in [6.07, 6.45) is 3.70. The molecule has 28 heavy (non-hydrogen) atoms. The number of amides is 3. The number of fused-ring (bicyclic) bond motifs is 1. The van der Waals surface area contributed by atoms with E-state index in [9.17, 15) is 14.0 Å². The third kappa shape index (κ3) is 3.17. The Hall–Kier alpha value is -3.41. The molecular weight excluding hydrogens is 357 g/mol. The second-order valence-corrected chi connectivity index (χ2v) is 7.11. The van der Waals surface area contributed by atoms with Crippen LogP contribution in [0, 0.1) is 5.82 Å². The molecule has 1 fully saturated rings. The molecule has 0 atom stereocenters. The maximum Gasteiger partial charge on any atom is 0.329 e. The summed E-state index contributed by atoms with van der Waals surface area (Å²) >= 11 is 0. The fraction of sp³-hybridized carbons (Fsp3) is 0.182. The molecule has 1 aliphatic rings. The monoisotopic (exact) mass is 377 g/mol. The number of halogens is 1. The first-order valence-corrected chi connectivity index (χ1v) is 9.12. The highest BCUT2D eigenvalue weighted by Crippen LogP contribution is 2.27. The molecule has 0 saturated carbocycles. The van der Waals surface area contributed by atoms with Gasteiger partial charge in [0.05, 0.1) is 6.54 Å². The van der Waals surface area contributed by atoms with E-state index in [2.05, 4.69) is 23.7 Å². The van der Waals surface area contributed by atoms with Gasteiger partial charge < -0.3 is 9.88 Å². The van der Waals surface area contributed by atoms with Crippen molar-refractivity contribution in [3.63, 3.8) is 0 Å². The number of nitrogens with one attached hydrogen (secondary N) is 1. The summed E-state index contributed by atoms with van der Waals surface area (Å²) in [4.78, 5) is 26.2. The van der Waals surface area contributed by atoms with Crippen LogP contribution in [-0.4, -0.2) is 21.4 Å². The Kier molecular flexibility index (Phi) is 4.47. The number of carbonyl (C=O) groups is 2. The van der Waals surface area contributed by atoms with Crippen molar-refractivity contribution in [2.45, 2.75) is 26.4 Å². The van der Waals surface area contributed by atoms with Crippen molar-refractivity contribution in [2.24, 2.45) is 0 Å². The molecule has 2 aromatic carbocycles. The Morgan fingerprint density at radius 2 is 1.79 bits per heavy atom. The number of imide groups is 1. The first-order valence-electron chi connectivity index (χ1n) is 9.12. The highest BCUT2D eigenvalue weighted by molar-refractivity contribution is 6.14. The van der Waals surface area contributed by atoms with Crippen LogP contribution in [0.5, 0.6) is 0 Å². The number of para-hydroxylation sites is 1. The molecule has 5 nitrogen and oxygen atoms in total. The summed E-state index contributed by atoms with van der Waals surface area (Å²) < 4.78 is 15.2. The Labute approximate surface area is 162 Å². The number of hydrogen-bond acceptors (Lipinski definition) is 2. The van der Waals surface area contributed by atoms with E-state index in [1.807, 2.05) is 30.5 Å². The molecule has 1 aromatic heterocycles. The van der Waals surface area contributed by atoms with Crippen LogP contribution in [0.4, 0.5) is 9.18 Å². The molecule has 0 unspecified atom stereocenters. The van der Waals surface area contributed by atoms with E-state index in [-0.39, 0.29) is 24.1 Å². The second-order valence-electron chi connectivity index (χ2n) is 7.11. The van der Waals surface area contributed by atoms with Crippen molar-refractivity contribution in [2.75, 3.05) is 0 Å². The number of nitrogens with zero attached hydrogens (tertiary/aromatic N) is 2. The maximum absolute atomic E-state index is 13.1. The van der Waals surface area contributed by atoms with Crippen molar-refractivity contribution in [3.8, 4) is 0 Å². The zero-order valence-corrected chi connectivity index (χ0v) is 15.6. The summed E-state index contributed by atoms with van der Waals surface area (Å²) in [5, 5.41) is 3.67. The molecule has 2 heterocycles. The molecule has 3 aromatic rings. The van der Waals surface area contributed by atoms with Crippen LogP contribution in [0.1, 0.15) is 31.0 Å². The lowest BCUT2D eigenvalue weighted by Gasteiger charge is -2.11. The number of urea groups is 1. The predicted molar refractivity (Wildman–Crippen MR) is 106 cm³/mol. The van der Waals surface area contributed by atoms with Gasteiger partial charge in [0.1, 0.15) is 11.5 Å². The summed E-state index contributed by atoms with van der Waals surface area (Å²) in [6, 6.07) is 13.5. The minimum absolute atomic E-state index is 0.0933. The van der Waals surface area contributed by atoms with Crippen molar-refractivity contribution in [3.05, 3.63) is 77.4 Å². The molecule has 1 saturated heterocycles. The van der Waals surface area contributed by atoms with Crippen LogP contribution in [0.3, 0.4) is 0 Å². The van der Waals surface area contributed by atoms with E-state index in [0.717, 1.165) is 21.4 Å². The summed E-state index contributed by atoms with van der Waals surface area (Å²) in [7, 11) is 0. The van der Waals surface area contributed by atoms with Crippen LogP contribution >= 0.6 is 0 Å². The topological polar surface area (TPSA) is 54.3 Å². The predicted octanol–water partition coefficient (Wildman–Crippen LogP) is 4.45. The third-order valence-electron chi connectivity index (χ3n) is 4.84. The fourth-order valence-electron chi connectivity index (χ4n) is 3.42. The number of aromatic nitrogens is 1. The lowest BCUT2D eigenvalue weighted by molar-refractivity contribution is -0.123. The molecule has 0 spiro atoms. The number of rotatable bonds is 4. The van der Waals surface area contributed by atoms with Crippen molar-refractivity contribution in [1.29, 1.82) is 0 Å². The quantitative estimate of drug-likeness (QED) is 0.539. The first-order chi connectivity index (χ1) is 13.4. The van der Waals surface area contributed by atoms with Crippen molar-refractivity contribution in [1.82, 2.24) is 14.8 Å². The molecular formula is C22H20FN3O2. The summed E-state index contributed by atoms with van der Waals surface area (Å²) in [6.45, 7) is 4.28. The Morgan fingerprint density at radius 1 is 1.07 bits per heavy atom. The van der Waals surface area contributed by atoms with Gasteiger partial charge in [-0.25, -0.2) is 9.18 Å². The molecule has 4 rings (SSSR count). The van der Waals surface area contributed by atoms with Crippen molar-refractivity contribution < 1.29 is 14.0 Å². The van der Waals surface area contributed by atoms with Crippen LogP contribution in [0.2, 0.25) is 0 Å². The Morgan fingerprint density at radius 3 is 2.50 bits per heavy atom. The van der Waals surface area contributed by atoms with Gasteiger partial charge in [-0.05, 0) is 43.7 Å². The first kappa shape index (κ1) is 18.0. The van der Waals surface area contributed by atoms with E-state index < -0.39 is 11.9 Å². The lowest BCUT2D eigenvalue weighted by Crippen LogP contribution is -2.30. The van der Waals surface area contributed by atoms with Gasteiger partial charge in [-0.15, -0.1) is 0 Å². The number of benzene rings is 2.